The molecule has 0 aromatic heterocycles. The van der Waals surface area contributed by atoms with Gasteiger partial charge in [0.2, 0.25) is 5.69 Å². The van der Waals surface area contributed by atoms with Gasteiger partial charge in [0.1, 0.15) is 5.54 Å². The van der Waals surface area contributed by atoms with Gasteiger partial charge in [0.15, 0.2) is 6.04 Å². The van der Waals surface area contributed by atoms with Crippen LogP contribution in [-0.2, 0) is 0 Å². The fourth-order valence-corrected chi connectivity index (χ4v) is 5.54. The average molecular weight is 649 g/mol. The summed E-state index contributed by atoms with van der Waals surface area (Å²) in [6.45, 7) is 4.52. The molecule has 1 heterocycles. The molecular weight excluding hydrogens is 625 g/mol. The van der Waals surface area contributed by atoms with Gasteiger partial charge in [0.25, 0.3) is 5.69 Å². The van der Waals surface area contributed by atoms with E-state index >= 15 is 0 Å². The van der Waals surface area contributed by atoms with Crippen molar-refractivity contribution in [3.8, 4) is 0 Å². The van der Waals surface area contributed by atoms with Gasteiger partial charge in [-0.05, 0) is 43.1 Å². The SMILES string of the molecule is CCC1(CC)N=[N+](c2ccc([N+](=O)[O-])cc2)[C@@H]2[C@H]3CC[C@H](C3)[C@@H]21.[Cl][Sb-]([Cl])([Cl])([Cl])([Cl])[Cl]. The first-order valence-corrected chi connectivity index (χ1v) is 29.3. The molecular formula is C18H24Cl6N3O2Sb. The number of non-ortho nitro benzene ring substituents is 1. The fourth-order valence-electron chi connectivity index (χ4n) is 5.54. The van der Waals surface area contributed by atoms with Gasteiger partial charge in [-0.25, -0.2) is 0 Å². The topological polar surface area (TPSA) is 58.5 Å². The molecule has 1 aromatic carbocycles. The Morgan fingerprint density at radius 2 is 1.57 bits per heavy atom. The number of fused-ring (bicyclic) bond motifs is 5. The number of nitro groups is 1. The third-order valence-corrected chi connectivity index (χ3v) is 6.63. The standard InChI is InChI=1S/C18H24N3O2.6ClH.Sb/c1-3-18(4-2)16-12-5-6-13(11-12)17(16)20(19-18)14-7-9-15(10-8-14)21(22)23;;;;;;;/h7-10,12-13,16-17H,3-6,11H2,1-2H3;6*1H;/q+1;;;;;;;+5/p-6/t12-,13+,16+,17-;;;;;;;/m1......./s1. The Kier molecular flexibility index (Phi) is 6.71. The van der Waals surface area contributed by atoms with Crippen molar-refractivity contribution in [2.24, 2.45) is 22.9 Å². The third kappa shape index (κ3) is 6.01. The second-order valence-corrected chi connectivity index (χ2v) is 65.2. The third-order valence-electron chi connectivity index (χ3n) is 6.63. The molecule has 1 aromatic rings. The Balaban J connectivity index is 0.000000318. The van der Waals surface area contributed by atoms with Crippen LogP contribution in [0.1, 0.15) is 46.0 Å². The first-order valence-electron chi connectivity index (χ1n) is 9.87. The molecule has 1 aliphatic heterocycles. The Morgan fingerprint density at radius 3 is 2.03 bits per heavy atom. The predicted octanol–water partition coefficient (Wildman–Crippen LogP) is 8.43. The summed E-state index contributed by atoms with van der Waals surface area (Å²) in [5, 5.41) is 16.1. The summed E-state index contributed by atoms with van der Waals surface area (Å²) in [4.78, 5) is 10.5. The van der Waals surface area contributed by atoms with Crippen molar-refractivity contribution in [3.63, 3.8) is 0 Å². The zero-order valence-electron chi connectivity index (χ0n) is 16.5. The molecule has 0 amide bonds. The van der Waals surface area contributed by atoms with E-state index in [0.29, 0.717) is 12.0 Å². The molecule has 4 rings (SSSR count). The number of benzene rings is 1. The van der Waals surface area contributed by atoms with E-state index in [1.807, 2.05) is 12.1 Å². The first-order chi connectivity index (χ1) is 13.5. The van der Waals surface area contributed by atoms with Crippen LogP contribution in [0.5, 0.6) is 0 Å². The second-order valence-electron chi connectivity index (χ2n) is 8.34. The molecule has 5 nitrogen and oxygen atoms in total. The molecule has 2 saturated carbocycles. The molecule has 170 valence electrons. The maximum absolute atomic E-state index is 10.9. The van der Waals surface area contributed by atoms with E-state index in [0.717, 1.165) is 30.4 Å². The van der Waals surface area contributed by atoms with E-state index in [9.17, 15) is 10.1 Å². The van der Waals surface area contributed by atoms with Gasteiger partial charge in [-0.3, -0.25) is 10.1 Å². The van der Waals surface area contributed by atoms with Crippen LogP contribution in [-0.4, -0.2) is 30.3 Å². The molecule has 0 N–H and O–H groups in total. The molecule has 12 heteroatoms. The van der Waals surface area contributed by atoms with E-state index in [1.54, 1.807) is 12.1 Å². The van der Waals surface area contributed by atoms with Gasteiger partial charge in [-0.1, -0.05) is 18.5 Å². The van der Waals surface area contributed by atoms with E-state index < -0.39 is 9.14 Å². The summed E-state index contributed by atoms with van der Waals surface area (Å²) in [6, 6.07) is 7.43. The molecule has 0 spiro atoms. The molecule has 2 bridgehead atoms. The van der Waals surface area contributed by atoms with Crippen LogP contribution >= 0.6 is 53.0 Å². The van der Waals surface area contributed by atoms with Crippen LogP contribution < -0.4 is 0 Å². The number of nitro benzene ring substituents is 1. The van der Waals surface area contributed by atoms with Crippen molar-refractivity contribution in [3.05, 3.63) is 34.4 Å². The van der Waals surface area contributed by atoms with E-state index in [4.69, 9.17) is 58.1 Å². The molecule has 0 saturated heterocycles. The van der Waals surface area contributed by atoms with Crippen molar-refractivity contribution in [2.75, 3.05) is 0 Å². The molecule has 4 atom stereocenters. The number of hydrogen-bond donors (Lipinski definition) is 0. The van der Waals surface area contributed by atoms with Crippen molar-refractivity contribution in [1.29, 1.82) is 0 Å². The summed E-state index contributed by atoms with van der Waals surface area (Å²) >= 11 is 0. The molecule has 30 heavy (non-hydrogen) atoms. The zero-order valence-corrected chi connectivity index (χ0v) is 23.6. The van der Waals surface area contributed by atoms with E-state index in [-0.39, 0.29) is 16.1 Å². The van der Waals surface area contributed by atoms with Crippen LogP contribution in [0.15, 0.2) is 29.4 Å². The summed E-state index contributed by atoms with van der Waals surface area (Å²) in [5.41, 5.74) is 1.23. The second kappa shape index (κ2) is 7.93. The van der Waals surface area contributed by atoms with Crippen molar-refractivity contribution in [2.45, 2.75) is 57.5 Å². The van der Waals surface area contributed by atoms with Crippen molar-refractivity contribution in [1.82, 2.24) is 0 Å². The molecule has 3 aliphatic rings. The minimum atomic E-state index is -5.42. The molecule has 2 fully saturated rings. The van der Waals surface area contributed by atoms with Gasteiger partial charge in [-0.15, -0.1) is 0 Å². The number of azo groups is 2. The first kappa shape index (κ1) is 25.4. The minimum absolute atomic E-state index is 0.0618. The molecule has 0 radical (unpaired) electrons. The number of nitrogens with zero attached hydrogens (tertiary/aromatic N) is 3. The monoisotopic (exact) mass is 645 g/mol. The normalized spacial score (nSPS) is 31.1. The Labute approximate surface area is 196 Å². The Hall–Kier alpha value is 0.778. The number of hydrogen-bond acceptors (Lipinski definition) is 3. The van der Waals surface area contributed by atoms with E-state index in [1.165, 1.54) is 19.3 Å². The van der Waals surface area contributed by atoms with E-state index in [2.05, 4.69) is 18.5 Å². The quantitative estimate of drug-likeness (QED) is 0.142. The van der Waals surface area contributed by atoms with Crippen LogP contribution in [0.4, 0.5) is 11.4 Å². The summed E-state index contributed by atoms with van der Waals surface area (Å²) in [7, 11) is 25.0. The summed E-state index contributed by atoms with van der Waals surface area (Å²) < 4.78 is 2.23. The van der Waals surface area contributed by atoms with Crippen LogP contribution in [0.25, 0.3) is 0 Å². The van der Waals surface area contributed by atoms with Crippen molar-refractivity contribution < 1.29 is 9.62 Å². The van der Waals surface area contributed by atoms with Gasteiger partial charge >= 0.3 is 62.1 Å². The number of halogens is 6. The summed E-state index contributed by atoms with van der Waals surface area (Å²) in [5.74, 6) is 2.21. The van der Waals surface area contributed by atoms with Gasteiger partial charge in [0.05, 0.1) is 10.8 Å². The Morgan fingerprint density at radius 1 is 1.07 bits per heavy atom. The predicted molar refractivity (Wildman–Crippen MR) is 128 cm³/mol. The maximum atomic E-state index is 10.9. The van der Waals surface area contributed by atoms with Gasteiger partial charge in [-0.2, -0.15) is 0 Å². The fraction of sp³-hybridized carbons (Fsp3) is 0.667. The van der Waals surface area contributed by atoms with Crippen LogP contribution in [0.2, 0.25) is 0 Å². The summed E-state index contributed by atoms with van der Waals surface area (Å²) in [6.07, 6.45) is 6.18. The van der Waals surface area contributed by atoms with Crippen molar-refractivity contribution >= 4 is 73.5 Å². The van der Waals surface area contributed by atoms with Gasteiger partial charge < -0.3 is 0 Å². The average Bonchev–Trinajstić information content (AvgIpc) is 3.31. The molecule has 0 unspecified atom stereocenters. The van der Waals surface area contributed by atoms with Crippen LogP contribution in [0.3, 0.4) is 0 Å². The zero-order chi connectivity index (χ0) is 22.6. The molecule has 2 aliphatic carbocycles. The van der Waals surface area contributed by atoms with Gasteiger partial charge in [0, 0.05) is 30.2 Å². The van der Waals surface area contributed by atoms with Crippen LogP contribution in [0, 0.1) is 27.9 Å². The Bertz CT molecular complexity index is 857. The number of rotatable bonds is 4.